The van der Waals surface area contributed by atoms with Crippen molar-refractivity contribution in [2.45, 2.75) is 67.9 Å². The van der Waals surface area contributed by atoms with Crippen molar-refractivity contribution >= 4 is 11.8 Å². The van der Waals surface area contributed by atoms with E-state index in [1.807, 2.05) is 62.3 Å². The van der Waals surface area contributed by atoms with Gasteiger partial charge in [-0.25, -0.2) is 0 Å². The van der Waals surface area contributed by atoms with Gasteiger partial charge in [-0.05, 0) is 20.8 Å². The molecule has 0 N–H and O–H groups in total. The van der Waals surface area contributed by atoms with E-state index in [1.165, 1.54) is 4.90 Å². The molecule has 0 aliphatic carbocycles. The van der Waals surface area contributed by atoms with E-state index >= 15 is 0 Å². The first-order chi connectivity index (χ1) is 7.19. The summed E-state index contributed by atoms with van der Waals surface area (Å²) in [6, 6.07) is 0. The molecule has 2 amide bonds. The van der Waals surface area contributed by atoms with Crippen LogP contribution in [0.25, 0.3) is 0 Å². The Morgan fingerprint density at radius 3 is 1.00 bits per heavy atom. The van der Waals surface area contributed by atoms with Crippen molar-refractivity contribution in [3.63, 3.8) is 0 Å². The summed E-state index contributed by atoms with van der Waals surface area (Å²) in [7, 11) is 0. The second kappa shape index (κ2) is 4.43. The van der Waals surface area contributed by atoms with Crippen molar-refractivity contribution in [3.8, 4) is 0 Å². The Bertz CT molecular complexity index is 285. The normalized spacial score (nSPS) is 13.5. The molecule has 3 heteroatoms. The molecular formula is C14H27NO2. The molecule has 0 atom stereocenters. The smallest absolute Gasteiger partial charge is 0.235 e. The van der Waals surface area contributed by atoms with E-state index in [9.17, 15) is 9.59 Å². The van der Waals surface area contributed by atoms with E-state index in [-0.39, 0.29) is 11.8 Å². The average molecular weight is 241 g/mol. The summed E-state index contributed by atoms with van der Waals surface area (Å²) in [5.41, 5.74) is -1.59. The molecule has 0 heterocycles. The third-order valence-electron chi connectivity index (χ3n) is 2.36. The average Bonchev–Trinajstić information content (AvgIpc) is 1.97. The zero-order valence-electron chi connectivity index (χ0n) is 12.8. The van der Waals surface area contributed by atoms with Crippen LogP contribution in [-0.2, 0) is 9.59 Å². The molecule has 0 rings (SSSR count). The maximum atomic E-state index is 12.4. The molecule has 100 valence electrons. The van der Waals surface area contributed by atoms with Crippen molar-refractivity contribution in [2.24, 2.45) is 10.8 Å². The molecule has 0 aliphatic heterocycles. The van der Waals surface area contributed by atoms with Crippen LogP contribution >= 0.6 is 0 Å². The van der Waals surface area contributed by atoms with Crippen molar-refractivity contribution in [3.05, 3.63) is 0 Å². The van der Waals surface area contributed by atoms with Crippen LogP contribution in [0.5, 0.6) is 0 Å². The second-order valence-corrected chi connectivity index (χ2v) is 7.62. The summed E-state index contributed by atoms with van der Waals surface area (Å²) in [6.45, 7) is 16.7. The molecule has 0 spiro atoms. The van der Waals surface area contributed by atoms with Gasteiger partial charge in [-0.1, -0.05) is 41.5 Å². The highest BCUT2D eigenvalue weighted by molar-refractivity contribution is 6.00. The van der Waals surface area contributed by atoms with E-state index < -0.39 is 16.4 Å². The van der Waals surface area contributed by atoms with E-state index in [4.69, 9.17) is 0 Å². The molecule has 0 fully saturated rings. The number of nitrogens with zero attached hydrogens (tertiary/aromatic N) is 1. The van der Waals surface area contributed by atoms with Crippen LogP contribution in [0.3, 0.4) is 0 Å². The maximum absolute atomic E-state index is 12.4. The molecule has 0 aromatic heterocycles. The van der Waals surface area contributed by atoms with Gasteiger partial charge in [-0.2, -0.15) is 0 Å². The molecule has 17 heavy (non-hydrogen) atoms. The minimum Gasteiger partial charge on any atom is -0.276 e. The Hall–Kier alpha value is -0.860. The number of imide groups is 1. The monoisotopic (exact) mass is 241 g/mol. The van der Waals surface area contributed by atoms with E-state index in [1.54, 1.807) is 0 Å². The highest BCUT2D eigenvalue weighted by Crippen LogP contribution is 2.29. The van der Waals surface area contributed by atoms with Gasteiger partial charge < -0.3 is 0 Å². The number of hydrogen-bond acceptors (Lipinski definition) is 2. The van der Waals surface area contributed by atoms with Gasteiger partial charge in [0.2, 0.25) is 11.8 Å². The quantitative estimate of drug-likeness (QED) is 0.653. The first-order valence-corrected chi connectivity index (χ1v) is 6.08. The number of carbonyl (C=O) groups is 2. The summed E-state index contributed by atoms with van der Waals surface area (Å²) in [5.74, 6) is -0.241. The first kappa shape index (κ1) is 16.1. The molecule has 0 aromatic carbocycles. The fraction of sp³-hybridized carbons (Fsp3) is 0.857. The number of amides is 2. The summed E-state index contributed by atoms with van der Waals surface area (Å²) in [6.07, 6.45) is 0. The zero-order chi connectivity index (χ0) is 14.2. The minimum atomic E-state index is -0.547. The van der Waals surface area contributed by atoms with Crippen LogP contribution in [0.2, 0.25) is 0 Å². The van der Waals surface area contributed by atoms with Crippen LogP contribution in [0.4, 0.5) is 0 Å². The molecule has 0 bridgehead atoms. The summed E-state index contributed by atoms with van der Waals surface area (Å²) in [4.78, 5) is 26.2. The van der Waals surface area contributed by atoms with Gasteiger partial charge in [-0.3, -0.25) is 14.5 Å². The van der Waals surface area contributed by atoms with Gasteiger partial charge >= 0.3 is 0 Å². The van der Waals surface area contributed by atoms with Crippen molar-refractivity contribution in [2.75, 3.05) is 0 Å². The van der Waals surface area contributed by atoms with Gasteiger partial charge in [0.15, 0.2) is 0 Å². The van der Waals surface area contributed by atoms with Crippen molar-refractivity contribution in [1.82, 2.24) is 4.90 Å². The Kier molecular flexibility index (Phi) is 4.21. The first-order valence-electron chi connectivity index (χ1n) is 6.08. The van der Waals surface area contributed by atoms with Gasteiger partial charge in [-0.15, -0.1) is 0 Å². The predicted molar refractivity (Wildman–Crippen MR) is 70.5 cm³/mol. The molecule has 0 aliphatic rings. The lowest BCUT2D eigenvalue weighted by atomic mass is 9.87. The fourth-order valence-electron chi connectivity index (χ4n) is 1.37. The van der Waals surface area contributed by atoms with Crippen molar-refractivity contribution in [1.29, 1.82) is 0 Å². The van der Waals surface area contributed by atoms with Gasteiger partial charge in [0.1, 0.15) is 0 Å². The largest absolute Gasteiger partial charge is 0.276 e. The maximum Gasteiger partial charge on any atom is 0.235 e. The molecular weight excluding hydrogens is 214 g/mol. The Balaban J connectivity index is 5.50. The lowest BCUT2D eigenvalue weighted by Crippen LogP contribution is -2.56. The standard InChI is InChI=1S/C14H27NO2/c1-12(2,3)10(16)15(14(7,8)9)11(17)13(4,5)6/h1-9H3. The van der Waals surface area contributed by atoms with E-state index in [0.29, 0.717) is 0 Å². The molecule has 0 saturated heterocycles. The van der Waals surface area contributed by atoms with Gasteiger partial charge in [0, 0.05) is 16.4 Å². The minimum absolute atomic E-state index is 0.120. The molecule has 0 saturated carbocycles. The lowest BCUT2D eigenvalue weighted by molar-refractivity contribution is -0.160. The van der Waals surface area contributed by atoms with Crippen LogP contribution < -0.4 is 0 Å². The zero-order valence-corrected chi connectivity index (χ0v) is 12.8. The number of hydrogen-bond donors (Lipinski definition) is 0. The van der Waals surface area contributed by atoms with E-state index in [0.717, 1.165) is 0 Å². The van der Waals surface area contributed by atoms with Gasteiger partial charge in [0.25, 0.3) is 0 Å². The van der Waals surface area contributed by atoms with Gasteiger partial charge in [0.05, 0.1) is 0 Å². The van der Waals surface area contributed by atoms with E-state index in [2.05, 4.69) is 0 Å². The second-order valence-electron chi connectivity index (χ2n) is 7.62. The molecule has 0 radical (unpaired) electrons. The molecule has 0 unspecified atom stereocenters. The van der Waals surface area contributed by atoms with Crippen LogP contribution in [-0.4, -0.2) is 22.3 Å². The predicted octanol–water partition coefficient (Wildman–Crippen LogP) is 3.23. The van der Waals surface area contributed by atoms with Crippen LogP contribution in [0, 0.1) is 10.8 Å². The Morgan fingerprint density at radius 1 is 0.647 bits per heavy atom. The summed E-state index contributed by atoms with van der Waals surface area (Å²) in [5, 5.41) is 0. The summed E-state index contributed by atoms with van der Waals surface area (Å²) >= 11 is 0. The molecule has 0 aromatic rings. The lowest BCUT2D eigenvalue weighted by Gasteiger charge is -2.41. The number of rotatable bonds is 0. The Morgan fingerprint density at radius 2 is 0.882 bits per heavy atom. The third kappa shape index (κ3) is 4.14. The highest BCUT2D eigenvalue weighted by Gasteiger charge is 2.42. The van der Waals surface area contributed by atoms with Crippen LogP contribution in [0.15, 0.2) is 0 Å². The number of carbonyl (C=O) groups excluding carboxylic acids is 2. The fourth-order valence-corrected chi connectivity index (χ4v) is 1.37. The van der Waals surface area contributed by atoms with Crippen LogP contribution in [0.1, 0.15) is 62.3 Å². The topological polar surface area (TPSA) is 37.4 Å². The van der Waals surface area contributed by atoms with Crippen molar-refractivity contribution < 1.29 is 9.59 Å². The SMILES string of the molecule is CC(C)(C)C(=O)N(C(=O)C(C)(C)C)C(C)(C)C. The highest BCUT2D eigenvalue weighted by atomic mass is 16.2. The summed E-state index contributed by atoms with van der Waals surface area (Å²) < 4.78 is 0. The Labute approximate surface area is 106 Å². The third-order valence-corrected chi connectivity index (χ3v) is 2.36. The molecule has 3 nitrogen and oxygen atoms in total.